The number of para-hydroxylation sites is 1. The van der Waals surface area contributed by atoms with Crippen molar-refractivity contribution in [2.24, 2.45) is 5.10 Å². The van der Waals surface area contributed by atoms with Crippen molar-refractivity contribution in [1.29, 1.82) is 0 Å². The first kappa shape index (κ1) is 20.8. The number of phenolic OH excluding ortho intramolecular Hbond substituents is 1. The van der Waals surface area contributed by atoms with Gasteiger partial charge in [0.25, 0.3) is 5.91 Å². The number of phenols is 1. The minimum Gasteiger partial charge on any atom is -0.507 e. The van der Waals surface area contributed by atoms with Gasteiger partial charge in [0.1, 0.15) is 5.75 Å². The van der Waals surface area contributed by atoms with Crippen LogP contribution < -0.4 is 10.7 Å². The van der Waals surface area contributed by atoms with Gasteiger partial charge in [-0.05, 0) is 29.7 Å². The Bertz CT molecular complexity index is 995. The van der Waals surface area contributed by atoms with E-state index in [0.29, 0.717) is 11.1 Å². The fourth-order valence-electron chi connectivity index (χ4n) is 3.05. The second kappa shape index (κ2) is 10.0. The molecule has 30 heavy (non-hydrogen) atoms. The smallest absolute Gasteiger partial charge is 0.259 e. The number of nitrogens with one attached hydrogen (secondary N) is 2. The van der Waals surface area contributed by atoms with E-state index in [9.17, 15) is 14.7 Å². The van der Waals surface area contributed by atoms with E-state index < -0.39 is 11.8 Å². The lowest BCUT2D eigenvalue weighted by Gasteiger charge is -2.17. The molecule has 0 heterocycles. The Morgan fingerprint density at radius 3 is 2.13 bits per heavy atom. The highest BCUT2D eigenvalue weighted by molar-refractivity contribution is 5.91. The number of benzene rings is 3. The molecule has 3 aromatic carbocycles. The maximum absolute atomic E-state index is 12.9. The van der Waals surface area contributed by atoms with Crippen molar-refractivity contribution in [2.45, 2.75) is 12.8 Å². The Balaban J connectivity index is 1.62. The van der Waals surface area contributed by atoms with Crippen molar-refractivity contribution < 1.29 is 14.7 Å². The number of hydrazone groups is 1. The van der Waals surface area contributed by atoms with Gasteiger partial charge in [-0.2, -0.15) is 5.10 Å². The number of aromatic hydroxyl groups is 1. The van der Waals surface area contributed by atoms with Crippen LogP contribution in [0.1, 0.15) is 28.2 Å². The quantitative estimate of drug-likeness (QED) is 0.420. The van der Waals surface area contributed by atoms with Crippen LogP contribution in [-0.4, -0.2) is 29.7 Å². The van der Waals surface area contributed by atoms with Crippen LogP contribution in [0, 0.1) is 6.92 Å². The van der Waals surface area contributed by atoms with Gasteiger partial charge in [0.2, 0.25) is 5.91 Å². The highest BCUT2D eigenvalue weighted by Crippen LogP contribution is 2.24. The van der Waals surface area contributed by atoms with Crippen molar-refractivity contribution in [3.05, 3.63) is 101 Å². The van der Waals surface area contributed by atoms with E-state index in [0.717, 1.165) is 11.1 Å². The molecule has 0 saturated carbocycles. The van der Waals surface area contributed by atoms with Crippen LogP contribution in [0.2, 0.25) is 0 Å². The Morgan fingerprint density at radius 1 is 0.933 bits per heavy atom. The molecule has 0 aliphatic carbocycles. The number of amides is 2. The number of hydrogen-bond acceptors (Lipinski definition) is 4. The largest absolute Gasteiger partial charge is 0.507 e. The molecule has 0 aromatic heterocycles. The van der Waals surface area contributed by atoms with Crippen LogP contribution in [0.5, 0.6) is 5.75 Å². The van der Waals surface area contributed by atoms with Gasteiger partial charge in [-0.15, -0.1) is 0 Å². The third kappa shape index (κ3) is 5.32. The first-order valence-corrected chi connectivity index (χ1v) is 9.54. The summed E-state index contributed by atoms with van der Waals surface area (Å²) in [5.41, 5.74) is 5.25. The third-order valence-corrected chi connectivity index (χ3v) is 4.61. The summed E-state index contributed by atoms with van der Waals surface area (Å²) in [5.74, 6) is -1.15. The molecule has 3 aromatic rings. The molecule has 0 radical (unpaired) electrons. The predicted octanol–water partition coefficient (Wildman–Crippen LogP) is 3.10. The third-order valence-electron chi connectivity index (χ3n) is 4.61. The van der Waals surface area contributed by atoms with Gasteiger partial charge in [0.05, 0.1) is 18.7 Å². The van der Waals surface area contributed by atoms with Gasteiger partial charge in [0.15, 0.2) is 0 Å². The van der Waals surface area contributed by atoms with Crippen LogP contribution in [0.4, 0.5) is 0 Å². The Labute approximate surface area is 175 Å². The maximum Gasteiger partial charge on any atom is 0.259 e. The average molecular weight is 401 g/mol. The molecule has 152 valence electrons. The van der Waals surface area contributed by atoms with E-state index in [4.69, 9.17) is 0 Å². The molecular formula is C24H23N3O3. The van der Waals surface area contributed by atoms with Gasteiger partial charge < -0.3 is 10.4 Å². The van der Waals surface area contributed by atoms with Crippen LogP contribution in [0.15, 0.2) is 84.0 Å². The summed E-state index contributed by atoms with van der Waals surface area (Å²) in [4.78, 5) is 24.9. The first-order valence-electron chi connectivity index (χ1n) is 9.54. The highest BCUT2D eigenvalue weighted by atomic mass is 16.3. The molecule has 0 unspecified atom stereocenters. The number of rotatable bonds is 7. The lowest BCUT2D eigenvalue weighted by atomic mass is 9.90. The number of carbonyl (C=O) groups is 2. The number of nitrogens with zero attached hydrogens (tertiary/aromatic N) is 1. The first-order chi connectivity index (χ1) is 14.6. The zero-order valence-electron chi connectivity index (χ0n) is 16.6. The molecule has 3 N–H and O–H groups in total. The predicted molar refractivity (Wildman–Crippen MR) is 116 cm³/mol. The van der Waals surface area contributed by atoms with E-state index in [2.05, 4.69) is 15.8 Å². The lowest BCUT2D eigenvalue weighted by Crippen LogP contribution is -2.37. The molecule has 6 nitrogen and oxygen atoms in total. The molecule has 0 spiro atoms. The zero-order valence-corrected chi connectivity index (χ0v) is 16.6. The summed E-state index contributed by atoms with van der Waals surface area (Å²) in [6, 6.07) is 24.1. The van der Waals surface area contributed by atoms with Gasteiger partial charge in [-0.1, -0.05) is 72.8 Å². The molecule has 2 amide bonds. The van der Waals surface area contributed by atoms with Crippen LogP contribution in [-0.2, 0) is 9.59 Å². The monoisotopic (exact) mass is 401 g/mol. The Kier molecular flexibility index (Phi) is 6.95. The summed E-state index contributed by atoms with van der Waals surface area (Å²) in [5, 5.41) is 16.5. The summed E-state index contributed by atoms with van der Waals surface area (Å²) in [6.45, 7) is 1.56. The SMILES string of the molecule is Cc1cccc(C=NNC(=O)CNC(=O)C(c2ccccc2)c2ccccc2)c1O. The number of carbonyl (C=O) groups excluding carboxylic acids is 2. The lowest BCUT2D eigenvalue weighted by molar-refractivity contribution is -0.126. The van der Waals surface area contributed by atoms with E-state index in [1.54, 1.807) is 25.1 Å². The van der Waals surface area contributed by atoms with Crippen molar-refractivity contribution in [3.8, 4) is 5.75 Å². The van der Waals surface area contributed by atoms with Crippen LogP contribution >= 0.6 is 0 Å². The van der Waals surface area contributed by atoms with Gasteiger partial charge in [0, 0.05) is 5.56 Å². The topological polar surface area (TPSA) is 90.8 Å². The van der Waals surface area contributed by atoms with E-state index in [-0.39, 0.29) is 18.2 Å². The standard InChI is InChI=1S/C24H23N3O3/c1-17-9-8-14-20(23(17)29)15-26-27-21(28)16-25-24(30)22(18-10-4-2-5-11-18)19-12-6-3-7-13-19/h2-15,22,29H,16H2,1H3,(H,25,30)(H,27,28). The van der Waals surface area contributed by atoms with Crippen LogP contribution in [0.25, 0.3) is 0 Å². The average Bonchev–Trinajstić information content (AvgIpc) is 2.77. The van der Waals surface area contributed by atoms with Crippen molar-refractivity contribution in [2.75, 3.05) is 6.54 Å². The van der Waals surface area contributed by atoms with E-state index in [1.807, 2.05) is 60.7 Å². The molecular weight excluding hydrogens is 378 g/mol. The molecule has 3 rings (SSSR count). The van der Waals surface area contributed by atoms with Crippen LogP contribution in [0.3, 0.4) is 0 Å². The second-order valence-corrected chi connectivity index (χ2v) is 6.78. The normalized spacial score (nSPS) is 10.9. The molecule has 0 fully saturated rings. The second-order valence-electron chi connectivity index (χ2n) is 6.78. The van der Waals surface area contributed by atoms with Gasteiger partial charge in [-0.25, -0.2) is 5.43 Å². The molecule has 0 atom stereocenters. The molecule has 0 saturated heterocycles. The molecule has 0 bridgehead atoms. The summed E-state index contributed by atoms with van der Waals surface area (Å²) in [6.07, 6.45) is 1.36. The van der Waals surface area contributed by atoms with Gasteiger partial charge in [-0.3, -0.25) is 9.59 Å². The number of aryl methyl sites for hydroxylation is 1. The zero-order chi connectivity index (χ0) is 21.3. The van der Waals surface area contributed by atoms with E-state index >= 15 is 0 Å². The minimum absolute atomic E-state index is 0.109. The fraction of sp³-hybridized carbons (Fsp3) is 0.125. The van der Waals surface area contributed by atoms with Gasteiger partial charge >= 0.3 is 0 Å². The fourth-order valence-corrected chi connectivity index (χ4v) is 3.05. The Hall–Kier alpha value is -3.93. The Morgan fingerprint density at radius 2 is 1.53 bits per heavy atom. The maximum atomic E-state index is 12.9. The minimum atomic E-state index is -0.520. The van der Waals surface area contributed by atoms with Crippen molar-refractivity contribution in [3.63, 3.8) is 0 Å². The molecule has 0 aliphatic heterocycles. The van der Waals surface area contributed by atoms with E-state index in [1.165, 1.54) is 6.21 Å². The highest BCUT2D eigenvalue weighted by Gasteiger charge is 2.22. The summed E-state index contributed by atoms with van der Waals surface area (Å²) >= 11 is 0. The van der Waals surface area contributed by atoms with Crippen molar-refractivity contribution in [1.82, 2.24) is 10.7 Å². The molecule has 0 aliphatic rings. The summed E-state index contributed by atoms with van der Waals surface area (Å²) < 4.78 is 0. The number of hydrogen-bond donors (Lipinski definition) is 3. The molecule has 6 heteroatoms. The van der Waals surface area contributed by atoms with Crippen molar-refractivity contribution >= 4 is 18.0 Å². The summed E-state index contributed by atoms with van der Waals surface area (Å²) in [7, 11) is 0.